The molecule has 9 nitrogen and oxygen atoms in total. The number of aromatic nitrogens is 4. The quantitative estimate of drug-likeness (QED) is 0.377. The number of amides is 1. The Morgan fingerprint density at radius 2 is 1.79 bits per heavy atom. The van der Waals surface area contributed by atoms with E-state index in [2.05, 4.69) is 10.4 Å². The van der Waals surface area contributed by atoms with Gasteiger partial charge >= 0.3 is 5.69 Å². The number of ketones is 1. The smallest absolute Gasteiger partial charge is 0.349 e. The molecule has 2 aromatic carbocycles. The van der Waals surface area contributed by atoms with Crippen molar-refractivity contribution in [2.24, 2.45) is 0 Å². The Kier molecular flexibility index (Phi) is 7.01. The number of benzene rings is 2. The third kappa shape index (κ3) is 4.68. The fourth-order valence-corrected chi connectivity index (χ4v) is 5.36. The Hall–Kier alpha value is -4.01. The highest BCUT2D eigenvalue weighted by atomic mass is 16.2. The van der Waals surface area contributed by atoms with Crippen molar-refractivity contribution in [3.63, 3.8) is 0 Å². The number of nitrogens with one attached hydrogen (secondary N) is 1. The SMILES string of the molecule is CCCn1c(=O)c2ccc(C(=O)NC3CCCCC3)cc2n2c(=O)n(CC(=O)c3cc(C)ccc3C)nc12. The molecule has 5 rings (SSSR count). The van der Waals surface area contributed by atoms with E-state index < -0.39 is 5.69 Å². The first-order chi connectivity index (χ1) is 18.3. The topological polar surface area (TPSA) is 107 Å². The van der Waals surface area contributed by atoms with Crippen LogP contribution in [-0.2, 0) is 13.1 Å². The van der Waals surface area contributed by atoms with Crippen molar-refractivity contribution in [3.8, 4) is 0 Å². The minimum Gasteiger partial charge on any atom is -0.349 e. The molecule has 4 aromatic rings. The molecule has 1 saturated carbocycles. The zero-order valence-electron chi connectivity index (χ0n) is 22.1. The highest BCUT2D eigenvalue weighted by molar-refractivity contribution is 5.98. The Morgan fingerprint density at radius 3 is 2.53 bits per heavy atom. The molecule has 0 spiro atoms. The standard InChI is InChI=1S/C29H33N5O4/c1-4-14-32-27(37)22-13-12-20(26(36)30-21-8-6-5-7-9-21)16-24(22)34-28(32)31-33(29(34)38)17-25(35)23-15-18(2)10-11-19(23)3/h10-13,15-16,21H,4-9,14,17H2,1-3H3,(H,30,36). The summed E-state index contributed by atoms with van der Waals surface area (Å²) in [6.45, 7) is 5.80. The molecule has 1 N–H and O–H groups in total. The lowest BCUT2D eigenvalue weighted by atomic mass is 9.95. The average Bonchev–Trinajstić information content (AvgIpc) is 3.23. The maximum atomic E-state index is 13.6. The third-order valence-electron chi connectivity index (χ3n) is 7.41. The molecule has 0 aliphatic heterocycles. The van der Waals surface area contributed by atoms with Gasteiger partial charge in [-0.25, -0.2) is 13.9 Å². The lowest BCUT2D eigenvalue weighted by Crippen LogP contribution is -2.36. The van der Waals surface area contributed by atoms with Crippen LogP contribution in [0.5, 0.6) is 0 Å². The second-order valence-corrected chi connectivity index (χ2v) is 10.3. The Balaban J connectivity index is 1.61. The molecule has 0 bridgehead atoms. The summed E-state index contributed by atoms with van der Waals surface area (Å²) in [5.41, 5.74) is 2.17. The van der Waals surface area contributed by atoms with Crippen LogP contribution >= 0.6 is 0 Å². The first-order valence-electron chi connectivity index (χ1n) is 13.4. The molecule has 198 valence electrons. The van der Waals surface area contributed by atoms with Gasteiger partial charge in [0.15, 0.2) is 5.78 Å². The number of Topliss-reactive ketones (excluding diaryl/α,β-unsaturated/α-hetero) is 1. The van der Waals surface area contributed by atoms with Crippen LogP contribution in [0.15, 0.2) is 46.0 Å². The van der Waals surface area contributed by atoms with Crippen molar-refractivity contribution < 1.29 is 9.59 Å². The summed E-state index contributed by atoms with van der Waals surface area (Å²) in [5.74, 6) is -0.305. The van der Waals surface area contributed by atoms with E-state index in [4.69, 9.17) is 0 Å². The van der Waals surface area contributed by atoms with E-state index in [-0.39, 0.29) is 35.6 Å². The van der Waals surface area contributed by atoms with Crippen LogP contribution < -0.4 is 16.6 Å². The van der Waals surface area contributed by atoms with Gasteiger partial charge in [0, 0.05) is 23.7 Å². The summed E-state index contributed by atoms with van der Waals surface area (Å²) in [6, 6.07) is 10.6. The van der Waals surface area contributed by atoms with Crippen LogP contribution in [0.4, 0.5) is 0 Å². The van der Waals surface area contributed by atoms with Crippen LogP contribution in [0, 0.1) is 13.8 Å². The molecule has 2 aromatic heterocycles. The normalized spacial score (nSPS) is 14.3. The van der Waals surface area contributed by atoms with E-state index in [0.29, 0.717) is 35.0 Å². The zero-order chi connectivity index (χ0) is 27.0. The van der Waals surface area contributed by atoms with Crippen molar-refractivity contribution >= 4 is 28.4 Å². The molecule has 0 saturated heterocycles. The maximum absolute atomic E-state index is 13.6. The first-order valence-corrected chi connectivity index (χ1v) is 13.4. The third-order valence-corrected chi connectivity index (χ3v) is 7.41. The summed E-state index contributed by atoms with van der Waals surface area (Å²) in [5, 5.41) is 7.85. The fraction of sp³-hybridized carbons (Fsp3) is 0.414. The lowest BCUT2D eigenvalue weighted by Gasteiger charge is -2.22. The number of aryl methyl sites for hydroxylation is 3. The average molecular weight is 516 g/mol. The molecule has 9 heteroatoms. The van der Waals surface area contributed by atoms with Gasteiger partial charge < -0.3 is 5.32 Å². The molecule has 0 radical (unpaired) electrons. The molecule has 0 atom stereocenters. The second-order valence-electron chi connectivity index (χ2n) is 10.3. The number of fused-ring (bicyclic) bond motifs is 3. The molecule has 38 heavy (non-hydrogen) atoms. The molecular formula is C29H33N5O4. The van der Waals surface area contributed by atoms with Gasteiger partial charge in [-0.3, -0.25) is 19.0 Å². The fourth-order valence-electron chi connectivity index (χ4n) is 5.36. The van der Waals surface area contributed by atoms with E-state index in [9.17, 15) is 19.2 Å². The van der Waals surface area contributed by atoms with Gasteiger partial charge in [-0.2, -0.15) is 0 Å². The van der Waals surface area contributed by atoms with Crippen LogP contribution in [0.25, 0.3) is 16.7 Å². The van der Waals surface area contributed by atoms with Gasteiger partial charge in [-0.15, -0.1) is 5.10 Å². The van der Waals surface area contributed by atoms with Gasteiger partial charge in [0.2, 0.25) is 5.78 Å². The van der Waals surface area contributed by atoms with Gasteiger partial charge in [0.1, 0.15) is 6.54 Å². The number of carbonyl (C=O) groups excluding carboxylic acids is 2. The lowest BCUT2D eigenvalue weighted by molar-refractivity contribution is 0.0926. The van der Waals surface area contributed by atoms with Gasteiger partial charge in [-0.1, -0.05) is 43.9 Å². The van der Waals surface area contributed by atoms with Crippen LogP contribution in [-0.4, -0.2) is 36.5 Å². The Labute approximate surface area is 220 Å². The minimum absolute atomic E-state index is 0.131. The summed E-state index contributed by atoms with van der Waals surface area (Å²) >= 11 is 0. The summed E-state index contributed by atoms with van der Waals surface area (Å²) in [4.78, 5) is 53.2. The highest BCUT2D eigenvalue weighted by Crippen LogP contribution is 2.19. The molecule has 1 amide bonds. The van der Waals surface area contributed by atoms with Crippen LogP contribution in [0.2, 0.25) is 0 Å². The first kappa shape index (κ1) is 25.6. The molecule has 1 aliphatic carbocycles. The second kappa shape index (κ2) is 10.4. The maximum Gasteiger partial charge on any atom is 0.352 e. The van der Waals surface area contributed by atoms with Crippen molar-refractivity contribution in [2.75, 3.05) is 0 Å². The van der Waals surface area contributed by atoms with Crippen LogP contribution in [0.3, 0.4) is 0 Å². The summed E-state index contributed by atoms with van der Waals surface area (Å²) < 4.78 is 3.92. The van der Waals surface area contributed by atoms with Gasteiger partial charge in [-0.05, 0) is 62.9 Å². The molecule has 1 aliphatic rings. The number of carbonyl (C=O) groups is 2. The predicted octanol–water partition coefficient (Wildman–Crippen LogP) is 3.78. The number of rotatable bonds is 7. The van der Waals surface area contributed by atoms with Gasteiger partial charge in [0.05, 0.1) is 10.9 Å². The van der Waals surface area contributed by atoms with E-state index >= 15 is 0 Å². The Bertz CT molecular complexity index is 1670. The molecule has 1 fully saturated rings. The largest absolute Gasteiger partial charge is 0.352 e. The summed E-state index contributed by atoms with van der Waals surface area (Å²) in [7, 11) is 0. The molecular weight excluding hydrogens is 482 g/mol. The number of hydrogen-bond acceptors (Lipinski definition) is 5. The van der Waals surface area contributed by atoms with Crippen molar-refractivity contribution in [1.82, 2.24) is 24.1 Å². The molecule has 2 heterocycles. The van der Waals surface area contributed by atoms with E-state index in [0.717, 1.165) is 41.5 Å². The van der Waals surface area contributed by atoms with E-state index in [1.807, 2.05) is 32.9 Å². The van der Waals surface area contributed by atoms with Crippen molar-refractivity contribution in [2.45, 2.75) is 78.4 Å². The zero-order valence-corrected chi connectivity index (χ0v) is 22.1. The van der Waals surface area contributed by atoms with E-state index in [1.165, 1.54) is 15.4 Å². The van der Waals surface area contributed by atoms with Crippen LogP contribution in [0.1, 0.15) is 77.3 Å². The molecule has 0 unspecified atom stereocenters. The number of hydrogen-bond donors (Lipinski definition) is 1. The predicted molar refractivity (Wildman–Crippen MR) is 146 cm³/mol. The van der Waals surface area contributed by atoms with E-state index in [1.54, 1.807) is 24.3 Å². The Morgan fingerprint density at radius 1 is 1.03 bits per heavy atom. The minimum atomic E-state index is -0.529. The summed E-state index contributed by atoms with van der Waals surface area (Å²) in [6.07, 6.45) is 5.93. The number of nitrogens with zero attached hydrogens (tertiary/aromatic N) is 4. The monoisotopic (exact) mass is 515 g/mol. The van der Waals surface area contributed by atoms with Gasteiger partial charge in [0.25, 0.3) is 11.5 Å². The van der Waals surface area contributed by atoms with Crippen molar-refractivity contribution in [1.29, 1.82) is 0 Å². The highest BCUT2D eigenvalue weighted by Gasteiger charge is 2.22. The van der Waals surface area contributed by atoms with Crippen molar-refractivity contribution in [3.05, 3.63) is 79.5 Å².